The van der Waals surface area contributed by atoms with Crippen LogP contribution >= 0.6 is 11.6 Å². The predicted molar refractivity (Wildman–Crippen MR) is 79.7 cm³/mol. The van der Waals surface area contributed by atoms with Gasteiger partial charge in [-0.25, -0.2) is 8.78 Å². The molecule has 2 rings (SSSR count). The summed E-state index contributed by atoms with van der Waals surface area (Å²) in [5.74, 6) is -2.51. The molecule has 0 spiro atoms. The van der Waals surface area contributed by atoms with Gasteiger partial charge in [-0.15, -0.1) is 0 Å². The summed E-state index contributed by atoms with van der Waals surface area (Å²) in [5.41, 5.74) is 0.250. The molecule has 2 N–H and O–H groups in total. The van der Waals surface area contributed by atoms with E-state index in [1.807, 2.05) is 0 Å². The molecule has 4 nitrogen and oxygen atoms in total. The first-order chi connectivity index (χ1) is 10.5. The number of halogens is 3. The van der Waals surface area contributed by atoms with Gasteiger partial charge >= 0.3 is 0 Å². The van der Waals surface area contributed by atoms with Gasteiger partial charge in [0.25, 0.3) is 0 Å². The van der Waals surface area contributed by atoms with Crippen LogP contribution in [0.15, 0.2) is 42.5 Å². The van der Waals surface area contributed by atoms with Gasteiger partial charge in [0.2, 0.25) is 11.8 Å². The van der Waals surface area contributed by atoms with Crippen LogP contribution in [0.1, 0.15) is 6.42 Å². The Balaban J connectivity index is 1.92. The molecule has 0 aromatic heterocycles. The SMILES string of the molecule is O=C(CC(=O)Nc1ccccc1F)Nc1ccc(F)c(Cl)c1. The third-order valence-electron chi connectivity index (χ3n) is 2.67. The second-order valence-electron chi connectivity index (χ2n) is 4.38. The Kier molecular flexibility index (Phi) is 5.06. The Bertz CT molecular complexity index is 722. The average molecular weight is 325 g/mol. The Morgan fingerprint density at radius 3 is 2.32 bits per heavy atom. The maximum atomic E-state index is 13.4. The number of hydrogen-bond donors (Lipinski definition) is 2. The lowest BCUT2D eigenvalue weighted by atomic mass is 10.2. The fraction of sp³-hybridized carbons (Fsp3) is 0.0667. The molecule has 114 valence electrons. The van der Waals surface area contributed by atoms with Crippen LogP contribution in [0, 0.1) is 11.6 Å². The lowest BCUT2D eigenvalue weighted by molar-refractivity contribution is -0.123. The van der Waals surface area contributed by atoms with Crippen LogP contribution in [0.4, 0.5) is 20.2 Å². The smallest absolute Gasteiger partial charge is 0.233 e. The Hall–Kier alpha value is -2.47. The van der Waals surface area contributed by atoms with Gasteiger partial charge in [-0.1, -0.05) is 23.7 Å². The van der Waals surface area contributed by atoms with Crippen LogP contribution in [-0.2, 0) is 9.59 Å². The molecule has 0 radical (unpaired) electrons. The quantitative estimate of drug-likeness (QED) is 0.844. The van der Waals surface area contributed by atoms with Crippen molar-refractivity contribution in [2.75, 3.05) is 10.6 Å². The number of amides is 2. The van der Waals surface area contributed by atoms with E-state index in [1.165, 1.54) is 30.3 Å². The highest BCUT2D eigenvalue weighted by Crippen LogP contribution is 2.19. The van der Waals surface area contributed by atoms with Crippen molar-refractivity contribution in [3.63, 3.8) is 0 Å². The molecule has 2 amide bonds. The minimum atomic E-state index is -0.671. The van der Waals surface area contributed by atoms with E-state index in [0.717, 1.165) is 6.07 Å². The zero-order chi connectivity index (χ0) is 16.1. The molecule has 0 fully saturated rings. The molecule has 0 aliphatic carbocycles. The summed E-state index contributed by atoms with van der Waals surface area (Å²) >= 11 is 5.58. The molecule has 0 unspecified atom stereocenters. The number of para-hydroxylation sites is 1. The Morgan fingerprint density at radius 2 is 1.64 bits per heavy atom. The van der Waals surface area contributed by atoms with Crippen LogP contribution in [0.5, 0.6) is 0 Å². The molecular weight excluding hydrogens is 314 g/mol. The molecule has 0 saturated carbocycles. The Labute approximate surface area is 130 Å². The number of hydrogen-bond acceptors (Lipinski definition) is 2. The summed E-state index contributed by atoms with van der Waals surface area (Å²) < 4.78 is 26.3. The molecule has 0 saturated heterocycles. The van der Waals surface area contributed by atoms with Gasteiger partial charge in [-0.3, -0.25) is 9.59 Å². The molecule has 2 aromatic rings. The number of carbonyl (C=O) groups excluding carboxylic acids is 2. The van der Waals surface area contributed by atoms with Crippen LogP contribution < -0.4 is 10.6 Å². The van der Waals surface area contributed by atoms with E-state index in [-0.39, 0.29) is 16.4 Å². The van der Waals surface area contributed by atoms with Gasteiger partial charge in [0, 0.05) is 5.69 Å². The van der Waals surface area contributed by atoms with E-state index in [1.54, 1.807) is 6.07 Å². The molecule has 22 heavy (non-hydrogen) atoms. The highest BCUT2D eigenvalue weighted by Gasteiger charge is 2.12. The minimum absolute atomic E-state index is 0.00914. The number of nitrogens with one attached hydrogen (secondary N) is 2. The van der Waals surface area contributed by atoms with E-state index < -0.39 is 29.9 Å². The summed E-state index contributed by atoms with van der Waals surface area (Å²) in [6.45, 7) is 0. The Morgan fingerprint density at radius 1 is 0.955 bits per heavy atom. The van der Waals surface area contributed by atoms with Gasteiger partial charge in [0.1, 0.15) is 18.1 Å². The normalized spacial score (nSPS) is 10.1. The first kappa shape index (κ1) is 15.9. The minimum Gasteiger partial charge on any atom is -0.326 e. The monoisotopic (exact) mass is 324 g/mol. The number of benzene rings is 2. The molecular formula is C15H11ClF2N2O2. The van der Waals surface area contributed by atoms with Crippen molar-refractivity contribution in [3.8, 4) is 0 Å². The van der Waals surface area contributed by atoms with Crippen molar-refractivity contribution in [3.05, 3.63) is 59.1 Å². The molecule has 0 bridgehead atoms. The molecule has 0 atom stereocenters. The molecule has 7 heteroatoms. The summed E-state index contributed by atoms with van der Waals surface area (Å²) in [6, 6.07) is 9.24. The first-order valence-corrected chi connectivity index (χ1v) is 6.63. The summed E-state index contributed by atoms with van der Waals surface area (Å²) in [7, 11) is 0. The van der Waals surface area contributed by atoms with Crippen molar-refractivity contribution in [2.45, 2.75) is 6.42 Å². The van der Waals surface area contributed by atoms with E-state index in [4.69, 9.17) is 11.6 Å². The molecule has 0 aliphatic heterocycles. The van der Waals surface area contributed by atoms with Gasteiger partial charge in [-0.2, -0.15) is 0 Å². The number of rotatable bonds is 4. The van der Waals surface area contributed by atoms with Crippen molar-refractivity contribution < 1.29 is 18.4 Å². The maximum Gasteiger partial charge on any atom is 0.233 e. The molecule has 0 heterocycles. The average Bonchev–Trinajstić information content (AvgIpc) is 2.45. The van der Waals surface area contributed by atoms with Crippen LogP contribution in [0.3, 0.4) is 0 Å². The fourth-order valence-corrected chi connectivity index (χ4v) is 1.86. The lowest BCUT2D eigenvalue weighted by Gasteiger charge is -2.07. The highest BCUT2D eigenvalue weighted by atomic mass is 35.5. The standard InChI is InChI=1S/C15H11ClF2N2O2/c16-10-7-9(5-6-11(10)17)19-14(21)8-15(22)20-13-4-2-1-3-12(13)18/h1-7H,8H2,(H,19,21)(H,20,22). The summed E-state index contributed by atoms with van der Waals surface area (Å²) in [5, 5.41) is 4.54. The third kappa shape index (κ3) is 4.26. The van der Waals surface area contributed by atoms with Gasteiger partial charge < -0.3 is 10.6 Å². The largest absolute Gasteiger partial charge is 0.326 e. The van der Waals surface area contributed by atoms with Crippen LogP contribution in [0.25, 0.3) is 0 Å². The van der Waals surface area contributed by atoms with Crippen molar-refractivity contribution in [1.82, 2.24) is 0 Å². The predicted octanol–water partition coefficient (Wildman–Crippen LogP) is 3.59. The molecule has 2 aromatic carbocycles. The second-order valence-corrected chi connectivity index (χ2v) is 4.79. The van der Waals surface area contributed by atoms with Crippen LogP contribution in [-0.4, -0.2) is 11.8 Å². The molecule has 0 aliphatic rings. The zero-order valence-corrected chi connectivity index (χ0v) is 12.0. The maximum absolute atomic E-state index is 13.4. The van der Waals surface area contributed by atoms with Crippen molar-refractivity contribution in [1.29, 1.82) is 0 Å². The van der Waals surface area contributed by atoms with E-state index >= 15 is 0 Å². The second kappa shape index (κ2) is 7.00. The van der Waals surface area contributed by atoms with E-state index in [9.17, 15) is 18.4 Å². The van der Waals surface area contributed by atoms with Gasteiger partial charge in [0.15, 0.2) is 0 Å². The topological polar surface area (TPSA) is 58.2 Å². The highest BCUT2D eigenvalue weighted by molar-refractivity contribution is 6.31. The lowest BCUT2D eigenvalue weighted by Crippen LogP contribution is -2.21. The van der Waals surface area contributed by atoms with Crippen molar-refractivity contribution >= 4 is 34.8 Å². The number of anilines is 2. The van der Waals surface area contributed by atoms with Gasteiger partial charge in [-0.05, 0) is 30.3 Å². The fourth-order valence-electron chi connectivity index (χ4n) is 1.68. The van der Waals surface area contributed by atoms with Crippen molar-refractivity contribution in [2.24, 2.45) is 0 Å². The number of carbonyl (C=O) groups is 2. The summed E-state index contributed by atoms with van der Waals surface area (Å²) in [6.07, 6.45) is -0.511. The van der Waals surface area contributed by atoms with E-state index in [2.05, 4.69) is 10.6 Å². The van der Waals surface area contributed by atoms with Gasteiger partial charge in [0.05, 0.1) is 10.7 Å². The third-order valence-corrected chi connectivity index (χ3v) is 2.96. The zero-order valence-electron chi connectivity index (χ0n) is 11.2. The first-order valence-electron chi connectivity index (χ1n) is 6.25. The van der Waals surface area contributed by atoms with E-state index in [0.29, 0.717) is 0 Å². The summed E-state index contributed by atoms with van der Waals surface area (Å²) in [4.78, 5) is 23.4. The van der Waals surface area contributed by atoms with Crippen LogP contribution in [0.2, 0.25) is 5.02 Å².